The number of hydrogen-bond donors (Lipinski definition) is 2. The lowest BCUT2D eigenvalue weighted by Crippen LogP contribution is -2.30. The van der Waals surface area contributed by atoms with Crippen LogP contribution >= 0.6 is 11.8 Å². The fraction of sp³-hybridized carbons (Fsp3) is 0.355. The fourth-order valence-corrected chi connectivity index (χ4v) is 5.14. The lowest BCUT2D eigenvalue weighted by molar-refractivity contribution is -0.136. The first kappa shape index (κ1) is 31.1. The number of benzene rings is 3. The Morgan fingerprint density at radius 3 is 2.33 bits per heavy atom. The van der Waals surface area contributed by atoms with Crippen LogP contribution in [0.25, 0.3) is 0 Å². The van der Waals surface area contributed by atoms with Gasteiger partial charge in [-0.05, 0) is 85.3 Å². The molecule has 3 aromatic rings. The highest BCUT2D eigenvalue weighted by molar-refractivity contribution is 8.00. The smallest absolute Gasteiger partial charge is 0.446 e. The second kappa shape index (κ2) is 13.7. The minimum Gasteiger partial charge on any atom is -0.489 e. The topological polar surface area (TPSA) is 75.6 Å². The first-order valence-electron chi connectivity index (χ1n) is 13.0. The number of rotatable bonds is 12. The predicted octanol–water partition coefficient (Wildman–Crippen LogP) is 8.03. The van der Waals surface area contributed by atoms with E-state index in [1.165, 1.54) is 18.2 Å². The number of ether oxygens (including phenoxy) is 1. The molecule has 0 aliphatic heterocycles. The van der Waals surface area contributed by atoms with Crippen LogP contribution in [0.15, 0.2) is 65.6 Å². The van der Waals surface area contributed by atoms with Crippen LogP contribution in [0.2, 0.25) is 0 Å². The van der Waals surface area contributed by atoms with Gasteiger partial charge >= 0.3 is 11.5 Å². The summed E-state index contributed by atoms with van der Waals surface area (Å²) in [6, 6.07) is 16.8. The van der Waals surface area contributed by atoms with Gasteiger partial charge in [0.2, 0.25) is 0 Å². The molecule has 0 heterocycles. The summed E-state index contributed by atoms with van der Waals surface area (Å²) in [6.45, 7) is 8.17. The number of aryl methyl sites for hydroxylation is 3. The van der Waals surface area contributed by atoms with Gasteiger partial charge in [0.1, 0.15) is 12.4 Å². The van der Waals surface area contributed by atoms with Crippen LogP contribution in [0, 0.1) is 19.8 Å². The van der Waals surface area contributed by atoms with E-state index in [1.807, 2.05) is 13.8 Å². The molecule has 214 valence electrons. The molecule has 0 fully saturated rings. The Balaban J connectivity index is 1.86. The maximum Gasteiger partial charge on any atom is 0.446 e. The third-order valence-corrected chi connectivity index (χ3v) is 6.85. The minimum absolute atomic E-state index is 0.000330. The van der Waals surface area contributed by atoms with Crippen molar-refractivity contribution in [2.45, 2.75) is 70.0 Å². The lowest BCUT2D eigenvalue weighted by Gasteiger charge is -2.23. The number of carboxylic acids is 1. The molecule has 3 rings (SSSR count). The quantitative estimate of drug-likeness (QED) is 0.215. The highest BCUT2D eigenvalue weighted by Gasteiger charge is 2.29. The molecule has 0 spiro atoms. The molecule has 0 bridgehead atoms. The van der Waals surface area contributed by atoms with Crippen molar-refractivity contribution in [2.24, 2.45) is 5.92 Å². The average Bonchev–Trinajstić information content (AvgIpc) is 2.84. The molecule has 5 nitrogen and oxygen atoms in total. The molecule has 1 atom stereocenters. The molecule has 1 amide bonds. The number of carboxylic acid groups (broad SMARTS) is 1. The van der Waals surface area contributed by atoms with Gasteiger partial charge in [-0.15, -0.1) is 0 Å². The van der Waals surface area contributed by atoms with Crippen molar-refractivity contribution < 1.29 is 32.6 Å². The van der Waals surface area contributed by atoms with E-state index in [4.69, 9.17) is 4.74 Å². The molecule has 0 aliphatic rings. The number of nitrogens with one attached hydrogen (secondary N) is 1. The van der Waals surface area contributed by atoms with Crippen molar-refractivity contribution in [1.29, 1.82) is 0 Å². The normalized spacial score (nSPS) is 12.3. The molecule has 0 radical (unpaired) electrons. The van der Waals surface area contributed by atoms with Gasteiger partial charge in [-0.1, -0.05) is 61.4 Å². The highest BCUT2D eigenvalue weighted by atomic mass is 32.2. The summed E-state index contributed by atoms with van der Waals surface area (Å²) < 4.78 is 44.1. The number of thioether (sulfide) groups is 1. The molecule has 1 unspecified atom stereocenters. The van der Waals surface area contributed by atoms with E-state index in [2.05, 4.69) is 37.4 Å². The molecular weight excluding hydrogens is 539 g/mol. The van der Waals surface area contributed by atoms with Gasteiger partial charge in [-0.2, -0.15) is 13.2 Å². The van der Waals surface area contributed by atoms with E-state index in [-0.39, 0.29) is 48.1 Å². The Kier molecular flexibility index (Phi) is 10.7. The number of aliphatic carboxylic acids is 1. The van der Waals surface area contributed by atoms with Gasteiger partial charge in [0.25, 0.3) is 5.91 Å². The number of carbonyl (C=O) groups excluding carboxylic acids is 1. The van der Waals surface area contributed by atoms with E-state index in [1.54, 1.807) is 24.3 Å². The van der Waals surface area contributed by atoms with E-state index in [0.717, 1.165) is 16.7 Å². The van der Waals surface area contributed by atoms with Crippen molar-refractivity contribution in [1.82, 2.24) is 5.32 Å². The van der Waals surface area contributed by atoms with Crippen molar-refractivity contribution in [3.05, 3.63) is 94.0 Å². The maximum absolute atomic E-state index is 13.6. The molecule has 0 saturated heterocycles. The lowest BCUT2D eigenvalue weighted by atomic mass is 9.93. The van der Waals surface area contributed by atoms with Gasteiger partial charge in [-0.3, -0.25) is 9.59 Å². The van der Waals surface area contributed by atoms with E-state index < -0.39 is 11.5 Å². The van der Waals surface area contributed by atoms with Crippen molar-refractivity contribution in [3.63, 3.8) is 0 Å². The highest BCUT2D eigenvalue weighted by Crippen LogP contribution is 2.37. The molecule has 2 N–H and O–H groups in total. The molecular formula is C31H34F3NO4S. The summed E-state index contributed by atoms with van der Waals surface area (Å²) in [4.78, 5) is 24.9. The van der Waals surface area contributed by atoms with Crippen LogP contribution in [0.4, 0.5) is 13.2 Å². The Morgan fingerprint density at radius 1 is 1.00 bits per heavy atom. The van der Waals surface area contributed by atoms with Gasteiger partial charge in [0.05, 0.1) is 6.04 Å². The number of alkyl halides is 3. The summed E-state index contributed by atoms with van der Waals surface area (Å²) in [6.07, 6.45) is 0.728. The van der Waals surface area contributed by atoms with Crippen LogP contribution < -0.4 is 10.1 Å². The number of amides is 1. The summed E-state index contributed by atoms with van der Waals surface area (Å²) in [5.74, 6) is -0.668. The second-order valence-corrected chi connectivity index (χ2v) is 11.4. The van der Waals surface area contributed by atoms with Gasteiger partial charge in [-0.25, -0.2) is 0 Å². The Bertz CT molecular complexity index is 1320. The van der Waals surface area contributed by atoms with Crippen LogP contribution in [0.1, 0.15) is 70.9 Å². The van der Waals surface area contributed by atoms with Gasteiger partial charge < -0.3 is 15.2 Å². The maximum atomic E-state index is 13.6. The Morgan fingerprint density at radius 2 is 1.70 bits per heavy atom. The molecule has 0 aliphatic carbocycles. The molecule has 40 heavy (non-hydrogen) atoms. The average molecular weight is 574 g/mol. The van der Waals surface area contributed by atoms with Gasteiger partial charge in [0.15, 0.2) is 0 Å². The Hall–Kier alpha value is -3.46. The van der Waals surface area contributed by atoms with E-state index in [0.29, 0.717) is 34.8 Å². The number of halogens is 3. The summed E-state index contributed by atoms with van der Waals surface area (Å²) in [5, 5.41) is 12.4. The first-order chi connectivity index (χ1) is 18.8. The van der Waals surface area contributed by atoms with Crippen molar-refractivity contribution in [3.8, 4) is 5.75 Å². The SMILES string of the molecule is Cc1cc(C)cc(C(CC(C)C)NC(=O)c2cc(OCc3cccc(SC(F)(F)F)c3)ccc2CCC(=O)O)c1. The van der Waals surface area contributed by atoms with Gasteiger partial charge in [0, 0.05) is 16.9 Å². The third kappa shape index (κ3) is 9.93. The summed E-state index contributed by atoms with van der Waals surface area (Å²) >= 11 is -0.194. The molecule has 0 aromatic heterocycles. The summed E-state index contributed by atoms with van der Waals surface area (Å²) in [5.41, 5.74) is 0.204. The monoisotopic (exact) mass is 573 g/mol. The molecule has 0 saturated carbocycles. The zero-order valence-corrected chi connectivity index (χ0v) is 23.8. The first-order valence-corrected chi connectivity index (χ1v) is 13.8. The third-order valence-electron chi connectivity index (χ3n) is 6.13. The van der Waals surface area contributed by atoms with E-state index in [9.17, 15) is 27.9 Å². The zero-order chi connectivity index (χ0) is 29.4. The van der Waals surface area contributed by atoms with Crippen LogP contribution in [0.3, 0.4) is 0 Å². The summed E-state index contributed by atoms with van der Waals surface area (Å²) in [7, 11) is 0. The van der Waals surface area contributed by atoms with Crippen LogP contribution in [-0.2, 0) is 17.8 Å². The van der Waals surface area contributed by atoms with Crippen LogP contribution in [0.5, 0.6) is 5.75 Å². The van der Waals surface area contributed by atoms with Crippen molar-refractivity contribution >= 4 is 23.6 Å². The minimum atomic E-state index is -4.39. The number of hydrogen-bond acceptors (Lipinski definition) is 4. The van der Waals surface area contributed by atoms with Crippen LogP contribution in [-0.4, -0.2) is 22.5 Å². The molecule has 9 heteroatoms. The number of carbonyl (C=O) groups is 2. The predicted molar refractivity (Wildman–Crippen MR) is 151 cm³/mol. The Labute approximate surface area is 237 Å². The fourth-order valence-electron chi connectivity index (χ4n) is 4.51. The van der Waals surface area contributed by atoms with E-state index >= 15 is 0 Å². The largest absolute Gasteiger partial charge is 0.489 e. The zero-order valence-electron chi connectivity index (χ0n) is 23.0. The standard InChI is InChI=1S/C31H34F3NO4S/c1-19(2)12-28(24-14-20(3)13-21(4)15-24)35-30(38)27-17-25(10-8-23(27)9-11-29(36)37)39-18-22-6-5-7-26(16-22)40-31(32,33)34/h5-8,10,13-17,19,28H,9,11-12,18H2,1-4H3,(H,35,38)(H,36,37). The molecule has 3 aromatic carbocycles. The van der Waals surface area contributed by atoms with Crippen molar-refractivity contribution in [2.75, 3.05) is 0 Å². The second-order valence-electron chi connectivity index (χ2n) is 10.3.